The highest BCUT2D eigenvalue weighted by Crippen LogP contribution is 2.46. The van der Waals surface area contributed by atoms with Gasteiger partial charge in [0.25, 0.3) is 5.91 Å². The number of carbonyl (C=O) groups is 2. The highest BCUT2D eigenvalue weighted by Gasteiger charge is 2.44. The molecule has 1 heterocycles. The van der Waals surface area contributed by atoms with Crippen LogP contribution in [0, 0.1) is 11.2 Å². The molecule has 1 N–H and O–H groups in total. The van der Waals surface area contributed by atoms with Gasteiger partial charge in [-0.3, -0.25) is 9.59 Å². The summed E-state index contributed by atoms with van der Waals surface area (Å²) in [5.41, 5.74) is 1.18. The van der Waals surface area contributed by atoms with Crippen molar-refractivity contribution in [1.82, 2.24) is 10.2 Å². The van der Waals surface area contributed by atoms with Gasteiger partial charge in [-0.05, 0) is 37.5 Å². The van der Waals surface area contributed by atoms with E-state index in [9.17, 15) is 14.0 Å². The maximum Gasteiger partial charge on any atom is 0.251 e. The van der Waals surface area contributed by atoms with Gasteiger partial charge in [0.15, 0.2) is 0 Å². The fourth-order valence-corrected chi connectivity index (χ4v) is 3.47. The van der Waals surface area contributed by atoms with Crippen molar-refractivity contribution < 1.29 is 14.0 Å². The number of hydrogen-bond donors (Lipinski definition) is 1. The van der Waals surface area contributed by atoms with Gasteiger partial charge in [0.1, 0.15) is 5.82 Å². The molecule has 1 atom stereocenters. The number of nitrogens with zero attached hydrogens (tertiary/aromatic N) is 1. The van der Waals surface area contributed by atoms with E-state index in [0.29, 0.717) is 18.5 Å². The lowest BCUT2D eigenvalue weighted by Gasteiger charge is -2.41. The van der Waals surface area contributed by atoms with Crippen molar-refractivity contribution >= 4 is 11.8 Å². The van der Waals surface area contributed by atoms with Gasteiger partial charge in [0, 0.05) is 36.7 Å². The highest BCUT2D eigenvalue weighted by molar-refractivity contribution is 5.94. The van der Waals surface area contributed by atoms with Gasteiger partial charge < -0.3 is 10.2 Å². The Morgan fingerprint density at radius 1 is 1.41 bits per heavy atom. The Bertz CT molecular complexity index is 656. The van der Waals surface area contributed by atoms with Crippen molar-refractivity contribution in [3.05, 3.63) is 47.4 Å². The average molecular weight is 302 g/mol. The number of nitrogens with one attached hydrogen (secondary N) is 1. The zero-order valence-electron chi connectivity index (χ0n) is 12.6. The molecule has 1 aromatic rings. The third-order valence-corrected chi connectivity index (χ3v) is 4.73. The minimum atomic E-state index is -0.421. The number of allylic oxidation sites excluding steroid dienone is 1. The predicted molar refractivity (Wildman–Crippen MR) is 80.5 cm³/mol. The minimum absolute atomic E-state index is 0.125. The second-order valence-electron chi connectivity index (χ2n) is 6.05. The van der Waals surface area contributed by atoms with Crippen LogP contribution >= 0.6 is 0 Å². The van der Waals surface area contributed by atoms with Crippen LogP contribution in [-0.2, 0) is 4.79 Å². The van der Waals surface area contributed by atoms with Gasteiger partial charge in [0.05, 0.1) is 0 Å². The lowest BCUT2D eigenvalue weighted by Crippen LogP contribution is -2.46. The van der Waals surface area contributed by atoms with Crippen molar-refractivity contribution in [2.24, 2.45) is 5.41 Å². The summed E-state index contributed by atoms with van der Waals surface area (Å²) in [5.74, 6) is -0.574. The first-order valence-electron chi connectivity index (χ1n) is 7.53. The zero-order valence-corrected chi connectivity index (χ0v) is 12.6. The molecule has 1 saturated heterocycles. The maximum absolute atomic E-state index is 13.2. The van der Waals surface area contributed by atoms with Crippen molar-refractivity contribution in [3.8, 4) is 0 Å². The van der Waals surface area contributed by atoms with Gasteiger partial charge in [-0.2, -0.15) is 0 Å². The summed E-state index contributed by atoms with van der Waals surface area (Å²) in [7, 11) is 1.79. The van der Waals surface area contributed by atoms with E-state index in [-0.39, 0.29) is 17.2 Å². The monoisotopic (exact) mass is 302 g/mol. The number of rotatable bonds is 3. The summed E-state index contributed by atoms with van der Waals surface area (Å²) in [5, 5.41) is 2.91. The van der Waals surface area contributed by atoms with Gasteiger partial charge in [-0.25, -0.2) is 4.39 Å². The molecular weight excluding hydrogens is 283 g/mol. The second kappa shape index (κ2) is 5.55. The first-order valence-corrected chi connectivity index (χ1v) is 7.53. The molecule has 4 nitrogen and oxygen atoms in total. The van der Waals surface area contributed by atoms with E-state index in [1.807, 2.05) is 0 Å². The van der Waals surface area contributed by atoms with Crippen molar-refractivity contribution in [2.45, 2.75) is 25.7 Å². The Labute approximate surface area is 129 Å². The van der Waals surface area contributed by atoms with Crippen LogP contribution in [0.4, 0.5) is 4.39 Å². The summed E-state index contributed by atoms with van der Waals surface area (Å²) < 4.78 is 13.2. The van der Waals surface area contributed by atoms with Crippen LogP contribution in [-0.4, -0.2) is 30.3 Å². The summed E-state index contributed by atoms with van der Waals surface area (Å²) in [6.07, 6.45) is 5.20. The number of piperidine rings is 1. The number of carbonyl (C=O) groups excluding carboxylic acids is 2. The van der Waals surface area contributed by atoms with E-state index in [1.54, 1.807) is 18.0 Å². The number of fused-ring (bicyclic) bond motifs is 1. The Balaban J connectivity index is 1.72. The molecule has 0 bridgehead atoms. The van der Waals surface area contributed by atoms with E-state index in [0.717, 1.165) is 25.0 Å². The number of halogens is 1. The molecule has 116 valence electrons. The van der Waals surface area contributed by atoms with Gasteiger partial charge in [-0.1, -0.05) is 12.1 Å². The van der Waals surface area contributed by atoms with E-state index in [4.69, 9.17) is 0 Å². The molecule has 0 radical (unpaired) electrons. The first kappa shape index (κ1) is 14.8. The molecule has 1 aromatic carbocycles. The quantitative estimate of drug-likeness (QED) is 0.932. The fourth-order valence-electron chi connectivity index (χ4n) is 3.47. The van der Waals surface area contributed by atoms with Crippen LogP contribution in [0.25, 0.3) is 0 Å². The molecule has 1 aliphatic heterocycles. The number of benzene rings is 1. The van der Waals surface area contributed by atoms with Crippen molar-refractivity contribution in [1.29, 1.82) is 0 Å². The molecule has 0 saturated carbocycles. The van der Waals surface area contributed by atoms with Crippen LogP contribution in [0.3, 0.4) is 0 Å². The highest BCUT2D eigenvalue weighted by atomic mass is 19.1. The van der Waals surface area contributed by atoms with Crippen LogP contribution in [0.15, 0.2) is 36.0 Å². The van der Waals surface area contributed by atoms with E-state index >= 15 is 0 Å². The van der Waals surface area contributed by atoms with Crippen LogP contribution < -0.4 is 5.32 Å². The molecular formula is C17H19FN2O2. The Morgan fingerprint density at radius 2 is 2.23 bits per heavy atom. The number of hydrogen-bond acceptors (Lipinski definition) is 2. The number of amides is 2. The van der Waals surface area contributed by atoms with Crippen LogP contribution in [0.5, 0.6) is 0 Å². The summed E-state index contributed by atoms with van der Waals surface area (Å²) >= 11 is 0. The average Bonchev–Trinajstić information content (AvgIpc) is 2.94. The molecule has 2 aliphatic rings. The molecule has 1 aliphatic carbocycles. The lowest BCUT2D eigenvalue weighted by molar-refractivity contribution is -0.131. The molecule has 0 spiro atoms. The third-order valence-electron chi connectivity index (χ3n) is 4.73. The van der Waals surface area contributed by atoms with Crippen LogP contribution in [0.1, 0.15) is 36.0 Å². The predicted octanol–water partition coefficient (Wildman–Crippen LogP) is 2.47. The standard InChI is InChI=1S/C17H19FN2O2/c1-20-14-6-3-8-17(14,9-7-15(20)21)11-19-16(22)12-4-2-5-13(18)10-12/h2,4-6,10H,3,7-9,11H2,1H3,(H,19,22). The van der Waals surface area contributed by atoms with Crippen LogP contribution in [0.2, 0.25) is 0 Å². The van der Waals surface area contributed by atoms with Crippen molar-refractivity contribution in [2.75, 3.05) is 13.6 Å². The lowest BCUT2D eigenvalue weighted by atomic mass is 9.77. The second-order valence-corrected chi connectivity index (χ2v) is 6.05. The van der Waals surface area contributed by atoms with Gasteiger partial charge >= 0.3 is 0 Å². The topological polar surface area (TPSA) is 49.4 Å². The molecule has 1 fully saturated rings. The fraction of sp³-hybridized carbons (Fsp3) is 0.412. The Morgan fingerprint density at radius 3 is 3.00 bits per heavy atom. The molecule has 0 aromatic heterocycles. The molecule has 5 heteroatoms. The number of likely N-dealkylation sites (tertiary alicyclic amines) is 1. The Kier molecular flexibility index (Phi) is 3.72. The largest absolute Gasteiger partial charge is 0.351 e. The van der Waals surface area contributed by atoms with E-state index < -0.39 is 5.82 Å². The first-order chi connectivity index (χ1) is 10.5. The zero-order chi connectivity index (χ0) is 15.7. The molecule has 1 unspecified atom stereocenters. The van der Waals surface area contributed by atoms with Gasteiger partial charge in [-0.15, -0.1) is 0 Å². The van der Waals surface area contributed by atoms with Gasteiger partial charge in [0.2, 0.25) is 5.91 Å². The minimum Gasteiger partial charge on any atom is -0.351 e. The van der Waals surface area contributed by atoms with E-state index in [2.05, 4.69) is 11.4 Å². The maximum atomic E-state index is 13.2. The third kappa shape index (κ3) is 2.51. The SMILES string of the molecule is CN1C(=O)CCC2(CNC(=O)c3cccc(F)c3)CCC=C12. The molecule has 22 heavy (non-hydrogen) atoms. The molecule has 3 rings (SSSR count). The smallest absolute Gasteiger partial charge is 0.251 e. The summed E-state index contributed by atoms with van der Waals surface area (Å²) in [6.45, 7) is 0.478. The van der Waals surface area contributed by atoms with Crippen molar-refractivity contribution in [3.63, 3.8) is 0 Å². The summed E-state index contributed by atoms with van der Waals surface area (Å²) in [6, 6.07) is 5.67. The summed E-state index contributed by atoms with van der Waals surface area (Å²) in [4.78, 5) is 25.7. The Hall–Kier alpha value is -2.17. The normalized spacial score (nSPS) is 24.0. The van der Waals surface area contributed by atoms with E-state index in [1.165, 1.54) is 18.2 Å². The molecule has 2 amide bonds.